The summed E-state index contributed by atoms with van der Waals surface area (Å²) in [4.78, 5) is 2.34. The van der Waals surface area contributed by atoms with Gasteiger partial charge in [0, 0.05) is 24.1 Å². The molecule has 2 aromatic rings. The van der Waals surface area contributed by atoms with Gasteiger partial charge >= 0.3 is 0 Å². The van der Waals surface area contributed by atoms with Crippen LogP contribution in [0.2, 0.25) is 0 Å². The number of benzene rings is 2. The lowest BCUT2D eigenvalue weighted by molar-refractivity contribution is 0.242. The van der Waals surface area contributed by atoms with Crippen molar-refractivity contribution in [3.63, 3.8) is 0 Å². The molecule has 2 aromatic carbocycles. The van der Waals surface area contributed by atoms with Crippen LogP contribution in [0.5, 0.6) is 23.0 Å². The molecule has 1 aliphatic rings. The minimum atomic E-state index is 0.120. The van der Waals surface area contributed by atoms with Gasteiger partial charge in [0.15, 0.2) is 23.0 Å². The van der Waals surface area contributed by atoms with E-state index in [2.05, 4.69) is 48.9 Å². The van der Waals surface area contributed by atoms with Crippen LogP contribution in [-0.2, 0) is 19.5 Å². The van der Waals surface area contributed by atoms with Crippen molar-refractivity contribution in [3.05, 3.63) is 43.8 Å². The van der Waals surface area contributed by atoms with Crippen molar-refractivity contribution in [1.29, 1.82) is 0 Å². The van der Waals surface area contributed by atoms with Crippen LogP contribution in [0.3, 0.4) is 0 Å². The molecule has 0 aromatic heterocycles. The third kappa shape index (κ3) is 3.66. The van der Waals surface area contributed by atoms with E-state index in [1.807, 2.05) is 0 Å². The molecule has 0 fully saturated rings. The van der Waals surface area contributed by atoms with Crippen molar-refractivity contribution in [1.82, 2.24) is 4.90 Å². The third-order valence-corrected chi connectivity index (χ3v) is 6.21. The lowest BCUT2D eigenvalue weighted by Gasteiger charge is -2.30. The van der Waals surface area contributed by atoms with E-state index in [4.69, 9.17) is 14.2 Å². The molecule has 1 heterocycles. The lowest BCUT2D eigenvalue weighted by Crippen LogP contribution is -2.30. The van der Waals surface area contributed by atoms with Crippen molar-refractivity contribution >= 4 is 31.9 Å². The minimum absolute atomic E-state index is 0.120. The Morgan fingerprint density at radius 2 is 1.58 bits per heavy atom. The van der Waals surface area contributed by atoms with E-state index in [0.717, 1.165) is 41.0 Å². The quantitative estimate of drug-likeness (QED) is 0.674. The molecule has 26 heavy (non-hydrogen) atoms. The number of phenols is 1. The Balaban J connectivity index is 1.85. The molecule has 0 aliphatic carbocycles. The van der Waals surface area contributed by atoms with Gasteiger partial charge in [-0.25, -0.2) is 0 Å². The Morgan fingerprint density at radius 1 is 0.962 bits per heavy atom. The second kappa shape index (κ2) is 8.06. The highest BCUT2D eigenvalue weighted by Crippen LogP contribution is 2.42. The fraction of sp³-hybridized carbons (Fsp3) is 0.368. The van der Waals surface area contributed by atoms with E-state index in [1.54, 1.807) is 20.3 Å². The van der Waals surface area contributed by atoms with Gasteiger partial charge < -0.3 is 19.3 Å². The first-order valence-electron chi connectivity index (χ1n) is 8.18. The molecular weight excluding hydrogens is 466 g/mol. The van der Waals surface area contributed by atoms with E-state index in [-0.39, 0.29) is 5.75 Å². The summed E-state index contributed by atoms with van der Waals surface area (Å²) in [6, 6.07) is 5.91. The summed E-state index contributed by atoms with van der Waals surface area (Å²) in [6.07, 6.45) is 0.938. The Bertz CT molecular complexity index is 826. The van der Waals surface area contributed by atoms with E-state index >= 15 is 0 Å². The van der Waals surface area contributed by atoms with E-state index in [1.165, 1.54) is 18.2 Å². The summed E-state index contributed by atoms with van der Waals surface area (Å²) in [5.41, 5.74) is 3.51. The van der Waals surface area contributed by atoms with Gasteiger partial charge in [0.2, 0.25) is 0 Å². The number of fused-ring (bicyclic) bond motifs is 1. The molecule has 140 valence electrons. The number of ether oxygens (including phenoxy) is 3. The molecule has 0 saturated carbocycles. The van der Waals surface area contributed by atoms with E-state index in [9.17, 15) is 5.11 Å². The van der Waals surface area contributed by atoms with Crippen LogP contribution in [0.4, 0.5) is 0 Å². The maximum absolute atomic E-state index is 10.3. The zero-order valence-electron chi connectivity index (χ0n) is 14.9. The zero-order valence-corrected chi connectivity index (χ0v) is 18.1. The SMILES string of the molecule is COc1cc2c(cc1OC)CN(Cc1c(Br)cc(OC)c(O)c1Br)CC2. The van der Waals surface area contributed by atoms with Gasteiger partial charge in [-0.15, -0.1) is 0 Å². The molecule has 1 N–H and O–H groups in total. The van der Waals surface area contributed by atoms with Gasteiger partial charge in [0.25, 0.3) is 0 Å². The smallest absolute Gasteiger partial charge is 0.172 e. The molecule has 0 atom stereocenters. The first-order valence-corrected chi connectivity index (χ1v) is 9.77. The van der Waals surface area contributed by atoms with Gasteiger partial charge in [-0.1, -0.05) is 15.9 Å². The van der Waals surface area contributed by atoms with Crippen LogP contribution in [0.25, 0.3) is 0 Å². The summed E-state index contributed by atoms with van der Waals surface area (Å²) in [5.74, 6) is 2.07. The van der Waals surface area contributed by atoms with Crippen LogP contribution in [0.1, 0.15) is 16.7 Å². The molecule has 1 aliphatic heterocycles. The first-order chi connectivity index (χ1) is 12.5. The minimum Gasteiger partial charge on any atom is -0.503 e. The Morgan fingerprint density at radius 3 is 2.19 bits per heavy atom. The topological polar surface area (TPSA) is 51.2 Å². The van der Waals surface area contributed by atoms with Crippen molar-refractivity contribution in [3.8, 4) is 23.0 Å². The maximum atomic E-state index is 10.3. The van der Waals surface area contributed by atoms with Crippen molar-refractivity contribution < 1.29 is 19.3 Å². The number of phenolic OH excluding ortho intramolecular Hbond substituents is 1. The molecule has 0 spiro atoms. The van der Waals surface area contributed by atoms with Crippen LogP contribution in [0.15, 0.2) is 27.1 Å². The Hall–Kier alpha value is -1.44. The van der Waals surface area contributed by atoms with Crippen LogP contribution >= 0.6 is 31.9 Å². The highest BCUT2D eigenvalue weighted by molar-refractivity contribution is 9.11. The van der Waals surface area contributed by atoms with Crippen molar-refractivity contribution in [2.75, 3.05) is 27.9 Å². The van der Waals surface area contributed by atoms with E-state index in [0.29, 0.717) is 16.8 Å². The predicted octanol–water partition coefficient (Wildman–Crippen LogP) is 4.50. The Kier molecular flexibility index (Phi) is 5.99. The van der Waals surface area contributed by atoms with Gasteiger partial charge in [-0.3, -0.25) is 4.90 Å². The summed E-state index contributed by atoms with van der Waals surface area (Å²) in [7, 11) is 4.85. The largest absolute Gasteiger partial charge is 0.503 e. The second-order valence-electron chi connectivity index (χ2n) is 6.14. The number of halogens is 2. The molecule has 3 rings (SSSR count). The van der Waals surface area contributed by atoms with Crippen LogP contribution < -0.4 is 14.2 Å². The Labute approximate surface area is 170 Å². The molecule has 0 bridgehead atoms. The molecule has 5 nitrogen and oxygen atoms in total. The molecule has 7 heteroatoms. The number of hydrogen-bond donors (Lipinski definition) is 1. The van der Waals surface area contributed by atoms with Gasteiger partial charge in [-0.2, -0.15) is 0 Å². The van der Waals surface area contributed by atoms with E-state index < -0.39 is 0 Å². The fourth-order valence-corrected chi connectivity index (χ4v) is 4.56. The molecule has 0 unspecified atom stereocenters. The number of rotatable bonds is 5. The summed E-state index contributed by atoms with van der Waals surface area (Å²) in [6.45, 7) is 2.43. The lowest BCUT2D eigenvalue weighted by atomic mass is 9.98. The number of hydrogen-bond acceptors (Lipinski definition) is 5. The molecular formula is C19H21Br2NO4. The maximum Gasteiger partial charge on any atom is 0.172 e. The van der Waals surface area contributed by atoms with Crippen molar-refractivity contribution in [2.45, 2.75) is 19.5 Å². The highest BCUT2D eigenvalue weighted by atomic mass is 79.9. The normalized spacial score (nSPS) is 14.0. The van der Waals surface area contributed by atoms with Crippen LogP contribution in [0, 0.1) is 0 Å². The van der Waals surface area contributed by atoms with Crippen LogP contribution in [-0.4, -0.2) is 37.9 Å². The average Bonchev–Trinajstić information content (AvgIpc) is 2.66. The summed E-state index contributed by atoms with van der Waals surface area (Å²) in [5, 5.41) is 10.3. The highest BCUT2D eigenvalue weighted by Gasteiger charge is 2.22. The fourth-order valence-electron chi connectivity index (χ4n) is 3.23. The molecule has 0 radical (unpaired) electrons. The zero-order chi connectivity index (χ0) is 18.8. The molecule has 0 saturated heterocycles. The van der Waals surface area contributed by atoms with Crippen molar-refractivity contribution in [2.24, 2.45) is 0 Å². The molecule has 0 amide bonds. The number of methoxy groups -OCH3 is 3. The van der Waals surface area contributed by atoms with Gasteiger partial charge in [-0.05, 0) is 57.2 Å². The summed E-state index contributed by atoms with van der Waals surface area (Å²) >= 11 is 7.09. The van der Waals surface area contributed by atoms with Gasteiger partial charge in [0.1, 0.15) is 0 Å². The van der Waals surface area contributed by atoms with Gasteiger partial charge in [0.05, 0.1) is 25.8 Å². The number of aromatic hydroxyl groups is 1. The first kappa shape index (κ1) is 19.3. The monoisotopic (exact) mass is 485 g/mol. The average molecular weight is 487 g/mol. The standard InChI is InChI=1S/C19H21Br2NO4/c1-24-15-6-11-4-5-22(9-12(11)7-16(15)25-2)10-13-14(20)8-17(26-3)19(23)18(13)21/h6-8,23H,4-5,9-10H2,1-3H3. The third-order valence-electron chi connectivity index (χ3n) is 4.65. The summed E-state index contributed by atoms with van der Waals surface area (Å²) < 4.78 is 17.6. The second-order valence-corrected chi connectivity index (χ2v) is 7.79. The predicted molar refractivity (Wildman–Crippen MR) is 107 cm³/mol. The number of nitrogens with zero attached hydrogens (tertiary/aromatic N) is 1.